The molecule has 12 heteroatoms. The van der Waals surface area contributed by atoms with Crippen LogP contribution in [-0.2, 0) is 20.5 Å². The number of hydrogen-bond acceptors (Lipinski definition) is 5. The van der Waals surface area contributed by atoms with Gasteiger partial charge in [-0.2, -0.15) is 13.2 Å². The molecule has 1 saturated heterocycles. The maximum atomic E-state index is 13.7. The van der Waals surface area contributed by atoms with Crippen molar-refractivity contribution in [2.24, 2.45) is 0 Å². The highest BCUT2D eigenvalue weighted by molar-refractivity contribution is 6.03. The summed E-state index contributed by atoms with van der Waals surface area (Å²) < 4.78 is 46.4. The molecule has 0 unspecified atom stereocenters. The number of carbonyl (C=O) groups excluding carboxylic acids is 3. The van der Waals surface area contributed by atoms with E-state index in [-0.39, 0.29) is 24.2 Å². The second-order valence-electron chi connectivity index (χ2n) is 8.26. The number of likely N-dealkylation sites (N-methyl/N-ethyl adjacent to an activating group) is 1. The van der Waals surface area contributed by atoms with E-state index >= 15 is 0 Å². The maximum absolute atomic E-state index is 13.7. The minimum absolute atomic E-state index is 0.0455. The van der Waals surface area contributed by atoms with Crippen LogP contribution in [0.4, 0.5) is 18.0 Å². The molecule has 184 valence electrons. The lowest BCUT2D eigenvalue weighted by Gasteiger charge is -2.33. The first-order valence-corrected chi connectivity index (χ1v) is 11.0. The molecule has 0 aromatic heterocycles. The largest absolute Gasteiger partial charge is 0.416 e. The molecule has 2 atom stereocenters. The molecule has 1 aromatic carbocycles. The predicted octanol–water partition coefficient (Wildman–Crippen LogP) is 1.64. The zero-order chi connectivity index (χ0) is 24.6. The molecule has 0 radical (unpaired) electrons. The Bertz CT molecular complexity index is 1020. The number of morpholine rings is 1. The van der Waals surface area contributed by atoms with E-state index in [2.05, 4.69) is 10.7 Å². The molecule has 2 N–H and O–H groups in total. The Morgan fingerprint density at radius 3 is 2.56 bits per heavy atom. The zero-order valence-electron chi connectivity index (χ0n) is 18.8. The minimum Gasteiger partial charge on any atom is -0.379 e. The molecule has 1 aromatic rings. The van der Waals surface area contributed by atoms with Gasteiger partial charge in [-0.15, -0.1) is 0 Å². The number of nitrogens with zero attached hydrogens (tertiary/aromatic N) is 3. The van der Waals surface area contributed by atoms with Crippen molar-refractivity contribution in [2.45, 2.75) is 32.1 Å². The van der Waals surface area contributed by atoms with Gasteiger partial charge in [0.1, 0.15) is 6.04 Å². The number of benzene rings is 1. The molecule has 3 heterocycles. The second kappa shape index (κ2) is 9.26. The van der Waals surface area contributed by atoms with E-state index < -0.39 is 41.7 Å². The van der Waals surface area contributed by atoms with E-state index in [0.717, 1.165) is 6.07 Å². The van der Waals surface area contributed by atoms with E-state index in [4.69, 9.17) is 4.74 Å². The molecule has 0 saturated carbocycles. The van der Waals surface area contributed by atoms with Crippen molar-refractivity contribution in [3.05, 3.63) is 46.7 Å². The Morgan fingerprint density at radius 2 is 1.91 bits per heavy atom. The third kappa shape index (κ3) is 4.34. The summed E-state index contributed by atoms with van der Waals surface area (Å²) in [6, 6.07) is 2.07. The van der Waals surface area contributed by atoms with Gasteiger partial charge in [0.15, 0.2) is 0 Å². The molecular formula is C22H26F3N5O4. The summed E-state index contributed by atoms with van der Waals surface area (Å²) >= 11 is 0. The van der Waals surface area contributed by atoms with Crippen LogP contribution >= 0.6 is 0 Å². The van der Waals surface area contributed by atoms with E-state index in [0.29, 0.717) is 32.0 Å². The third-order valence-corrected chi connectivity index (χ3v) is 6.27. The fourth-order valence-electron chi connectivity index (χ4n) is 4.47. The van der Waals surface area contributed by atoms with E-state index in [1.54, 1.807) is 18.9 Å². The van der Waals surface area contributed by atoms with Gasteiger partial charge < -0.3 is 15.0 Å². The predicted molar refractivity (Wildman–Crippen MR) is 114 cm³/mol. The van der Waals surface area contributed by atoms with Gasteiger partial charge in [0.25, 0.3) is 11.8 Å². The van der Waals surface area contributed by atoms with Crippen LogP contribution in [0.3, 0.4) is 0 Å². The number of hydrogen-bond donors (Lipinski definition) is 2. The number of rotatable bonds is 5. The standard InChI is InChI=1S/C22H26F3N5O4/c1-3-29-16-12-30(13(2)19(31)27-28-8-10-34-11-9-28)20(32)17(16)18(26-21(29)33)14-6-4-5-7-15(14)22(23,24)25/h4-7,13,18H,3,8-12H2,1-2H3,(H,26,33)(H,27,31)/t13-,18-/m1/s1. The van der Waals surface area contributed by atoms with Gasteiger partial charge in [-0.1, -0.05) is 18.2 Å². The molecule has 0 aliphatic carbocycles. The highest BCUT2D eigenvalue weighted by atomic mass is 19.4. The Morgan fingerprint density at radius 1 is 1.24 bits per heavy atom. The summed E-state index contributed by atoms with van der Waals surface area (Å²) in [4.78, 5) is 41.7. The first kappa shape index (κ1) is 24.0. The number of nitrogens with one attached hydrogen (secondary N) is 2. The van der Waals surface area contributed by atoms with Crippen molar-refractivity contribution in [1.82, 2.24) is 25.6 Å². The Hall–Kier alpha value is -3.12. The van der Waals surface area contributed by atoms with Crippen LogP contribution in [0.1, 0.15) is 31.0 Å². The molecule has 34 heavy (non-hydrogen) atoms. The highest BCUT2D eigenvalue weighted by Gasteiger charge is 2.48. The number of urea groups is 1. The smallest absolute Gasteiger partial charge is 0.379 e. The van der Waals surface area contributed by atoms with Gasteiger partial charge in [0, 0.05) is 19.6 Å². The van der Waals surface area contributed by atoms with Crippen molar-refractivity contribution in [3.8, 4) is 0 Å². The molecule has 0 bridgehead atoms. The first-order chi connectivity index (χ1) is 16.1. The van der Waals surface area contributed by atoms with Crippen LogP contribution in [0, 0.1) is 0 Å². The van der Waals surface area contributed by atoms with Crippen LogP contribution < -0.4 is 10.7 Å². The third-order valence-electron chi connectivity index (χ3n) is 6.27. The number of amides is 4. The lowest BCUT2D eigenvalue weighted by molar-refractivity contribution is -0.140. The lowest BCUT2D eigenvalue weighted by Crippen LogP contribution is -2.54. The van der Waals surface area contributed by atoms with Crippen molar-refractivity contribution in [1.29, 1.82) is 0 Å². The number of alkyl halides is 3. The number of hydrazine groups is 1. The molecule has 3 aliphatic rings. The van der Waals surface area contributed by atoms with E-state index in [1.807, 2.05) is 0 Å². The quantitative estimate of drug-likeness (QED) is 0.667. The van der Waals surface area contributed by atoms with Crippen molar-refractivity contribution >= 4 is 17.8 Å². The van der Waals surface area contributed by atoms with Gasteiger partial charge in [0.05, 0.1) is 42.6 Å². The minimum atomic E-state index is -4.67. The normalized spacial score (nSPS) is 22.6. The molecular weight excluding hydrogens is 455 g/mol. The molecule has 9 nitrogen and oxygen atoms in total. The van der Waals surface area contributed by atoms with Crippen molar-refractivity contribution in [2.75, 3.05) is 39.4 Å². The van der Waals surface area contributed by atoms with Gasteiger partial charge >= 0.3 is 12.2 Å². The summed E-state index contributed by atoms with van der Waals surface area (Å²) in [5.41, 5.74) is 1.97. The van der Waals surface area contributed by atoms with Crippen LogP contribution in [0.2, 0.25) is 0 Å². The lowest BCUT2D eigenvalue weighted by atomic mass is 9.91. The SMILES string of the molecule is CCN1C(=O)N[C@H](c2ccccc2C(F)(F)F)C2=C1CN([C@H](C)C(=O)NN1CCOCC1)C2=O. The van der Waals surface area contributed by atoms with Crippen LogP contribution in [0.5, 0.6) is 0 Å². The van der Waals surface area contributed by atoms with Crippen molar-refractivity contribution in [3.63, 3.8) is 0 Å². The number of halogens is 3. The average molecular weight is 481 g/mol. The second-order valence-corrected chi connectivity index (χ2v) is 8.26. The van der Waals surface area contributed by atoms with Crippen LogP contribution in [-0.4, -0.2) is 78.1 Å². The molecule has 1 fully saturated rings. The number of carbonyl (C=O) groups is 3. The molecule has 4 amide bonds. The summed E-state index contributed by atoms with van der Waals surface area (Å²) in [7, 11) is 0. The Balaban J connectivity index is 1.65. The molecule has 4 rings (SSSR count). The van der Waals surface area contributed by atoms with E-state index in [9.17, 15) is 27.6 Å². The topological polar surface area (TPSA) is 94.2 Å². The fraction of sp³-hybridized carbons (Fsp3) is 0.500. The summed E-state index contributed by atoms with van der Waals surface area (Å²) in [6.45, 7) is 5.34. The molecule has 3 aliphatic heterocycles. The zero-order valence-corrected chi connectivity index (χ0v) is 18.8. The first-order valence-electron chi connectivity index (χ1n) is 11.0. The van der Waals surface area contributed by atoms with Gasteiger partial charge in [-0.25, -0.2) is 9.80 Å². The summed E-state index contributed by atoms with van der Waals surface area (Å²) in [6.07, 6.45) is -4.67. The maximum Gasteiger partial charge on any atom is 0.416 e. The van der Waals surface area contributed by atoms with Gasteiger partial charge in [-0.05, 0) is 25.5 Å². The Kier molecular flexibility index (Phi) is 6.54. The Labute approximate surface area is 194 Å². The van der Waals surface area contributed by atoms with Crippen LogP contribution in [0.25, 0.3) is 0 Å². The monoisotopic (exact) mass is 481 g/mol. The average Bonchev–Trinajstić information content (AvgIpc) is 3.15. The van der Waals surface area contributed by atoms with Crippen molar-refractivity contribution < 1.29 is 32.3 Å². The number of ether oxygens (including phenoxy) is 1. The fourth-order valence-corrected chi connectivity index (χ4v) is 4.47. The highest BCUT2D eigenvalue weighted by Crippen LogP contribution is 2.41. The summed E-state index contributed by atoms with van der Waals surface area (Å²) in [5.74, 6) is -1.01. The van der Waals surface area contributed by atoms with Crippen LogP contribution in [0.15, 0.2) is 35.5 Å². The summed E-state index contributed by atoms with van der Waals surface area (Å²) in [5, 5.41) is 4.26. The van der Waals surface area contributed by atoms with Gasteiger partial charge in [-0.3, -0.25) is 19.9 Å². The molecule has 0 spiro atoms. The van der Waals surface area contributed by atoms with E-state index in [1.165, 1.54) is 28.0 Å². The van der Waals surface area contributed by atoms with Gasteiger partial charge in [0.2, 0.25) is 0 Å².